The largest absolute Gasteiger partial charge is 0.353 e. The minimum Gasteiger partial charge on any atom is -0.353 e. The van der Waals surface area contributed by atoms with Crippen LogP contribution in [0.1, 0.15) is 195 Å². The molecule has 2 nitrogen and oxygen atoms in total. The summed E-state index contributed by atoms with van der Waals surface area (Å²) in [7, 11) is 0. The van der Waals surface area contributed by atoms with Gasteiger partial charge in [-0.2, -0.15) is 0 Å². The summed E-state index contributed by atoms with van der Waals surface area (Å²) in [6.07, 6.45) is 34.5. The number of amides is 1. The Bertz CT molecular complexity index is 419. The second kappa shape index (κ2) is 28.0. The van der Waals surface area contributed by atoms with Crippen LogP contribution in [0, 0.1) is 5.92 Å². The molecule has 0 aromatic carbocycles. The predicted molar refractivity (Wildman–Crippen MR) is 158 cm³/mol. The van der Waals surface area contributed by atoms with Crippen molar-refractivity contribution in [3.05, 3.63) is 0 Å². The van der Waals surface area contributed by atoms with Gasteiger partial charge in [0.15, 0.2) is 0 Å². The average Bonchev–Trinajstić information content (AvgIpc) is 2.84. The van der Waals surface area contributed by atoms with Gasteiger partial charge < -0.3 is 5.32 Å². The molecule has 1 unspecified atom stereocenters. The van der Waals surface area contributed by atoms with Crippen LogP contribution in [0.5, 0.6) is 0 Å². The molecule has 0 radical (unpaired) electrons. The third kappa shape index (κ3) is 27.9. The highest BCUT2D eigenvalue weighted by atomic mass is 16.1. The molecule has 0 fully saturated rings. The summed E-state index contributed by atoms with van der Waals surface area (Å²) in [5.74, 6) is 1.16. The van der Waals surface area contributed by atoms with E-state index in [0.717, 1.165) is 31.6 Å². The lowest BCUT2D eigenvalue weighted by Crippen LogP contribution is -2.34. The molecule has 35 heavy (non-hydrogen) atoms. The number of unbranched alkanes of at least 4 members (excludes halogenated alkanes) is 20. The van der Waals surface area contributed by atoms with Crippen molar-refractivity contribution < 1.29 is 4.79 Å². The number of carbonyl (C=O) groups excluding carboxylic acids is 1. The fourth-order valence-electron chi connectivity index (χ4n) is 5.16. The molecule has 1 amide bonds. The van der Waals surface area contributed by atoms with E-state index < -0.39 is 0 Å². The van der Waals surface area contributed by atoms with Crippen LogP contribution in [0.2, 0.25) is 0 Å². The van der Waals surface area contributed by atoms with Crippen molar-refractivity contribution in [2.75, 3.05) is 0 Å². The topological polar surface area (TPSA) is 29.1 Å². The van der Waals surface area contributed by atoms with Crippen molar-refractivity contribution in [2.45, 2.75) is 201 Å². The highest BCUT2D eigenvalue weighted by molar-refractivity contribution is 5.76. The maximum atomic E-state index is 12.3. The van der Waals surface area contributed by atoms with Crippen molar-refractivity contribution in [1.82, 2.24) is 5.32 Å². The van der Waals surface area contributed by atoms with E-state index in [1.165, 1.54) is 141 Å². The molecule has 0 spiro atoms. The summed E-state index contributed by atoms with van der Waals surface area (Å²) in [4.78, 5) is 12.3. The molecule has 0 aromatic rings. The summed E-state index contributed by atoms with van der Waals surface area (Å²) >= 11 is 0. The quantitative estimate of drug-likeness (QED) is 0.108. The van der Waals surface area contributed by atoms with Crippen LogP contribution in [-0.2, 0) is 4.79 Å². The molecule has 0 aliphatic rings. The van der Waals surface area contributed by atoms with E-state index in [1.807, 2.05) is 0 Å². The number of rotatable bonds is 28. The van der Waals surface area contributed by atoms with Gasteiger partial charge in [0.05, 0.1) is 0 Å². The Kier molecular flexibility index (Phi) is 27.6. The van der Waals surface area contributed by atoms with E-state index in [0.29, 0.717) is 6.04 Å². The van der Waals surface area contributed by atoms with Gasteiger partial charge in [0, 0.05) is 12.5 Å². The SMILES string of the molecule is CCCCCCCCCCCCC(CC)NC(=O)CCCCCCCCCCCCCCC(C)C. The van der Waals surface area contributed by atoms with Crippen molar-refractivity contribution in [2.24, 2.45) is 5.92 Å². The van der Waals surface area contributed by atoms with Gasteiger partial charge in [-0.25, -0.2) is 0 Å². The molecular formula is C33H67NO. The van der Waals surface area contributed by atoms with E-state index in [4.69, 9.17) is 0 Å². The van der Waals surface area contributed by atoms with Crippen LogP contribution in [0.4, 0.5) is 0 Å². The zero-order chi connectivity index (χ0) is 25.8. The standard InChI is InChI=1S/C33H67NO/c1-5-7-8-9-10-11-17-20-23-26-29-32(6-2)34-33(35)30-27-24-21-18-15-13-12-14-16-19-22-25-28-31(3)4/h31-32H,5-30H2,1-4H3,(H,34,35). The lowest BCUT2D eigenvalue weighted by atomic mass is 10.0. The van der Waals surface area contributed by atoms with Crippen LogP contribution >= 0.6 is 0 Å². The normalized spacial score (nSPS) is 12.4. The van der Waals surface area contributed by atoms with Crippen molar-refractivity contribution in [1.29, 1.82) is 0 Å². The Morgan fingerprint density at radius 2 is 0.886 bits per heavy atom. The molecule has 210 valence electrons. The molecule has 0 bridgehead atoms. The Morgan fingerprint density at radius 1 is 0.514 bits per heavy atom. The molecule has 0 saturated heterocycles. The number of nitrogens with one attached hydrogen (secondary N) is 1. The minimum absolute atomic E-state index is 0.289. The fourth-order valence-corrected chi connectivity index (χ4v) is 5.16. The number of hydrogen-bond acceptors (Lipinski definition) is 1. The monoisotopic (exact) mass is 494 g/mol. The lowest BCUT2D eigenvalue weighted by molar-refractivity contribution is -0.122. The van der Waals surface area contributed by atoms with Crippen LogP contribution in [0.25, 0.3) is 0 Å². The molecule has 0 heterocycles. The maximum Gasteiger partial charge on any atom is 0.220 e. The lowest BCUT2D eigenvalue weighted by Gasteiger charge is -2.17. The molecular weight excluding hydrogens is 426 g/mol. The first kappa shape index (κ1) is 34.5. The first-order valence-electron chi connectivity index (χ1n) is 16.4. The molecule has 1 atom stereocenters. The van der Waals surface area contributed by atoms with Gasteiger partial charge in [-0.1, -0.05) is 169 Å². The van der Waals surface area contributed by atoms with Crippen LogP contribution in [-0.4, -0.2) is 11.9 Å². The summed E-state index contributed by atoms with van der Waals surface area (Å²) in [5.41, 5.74) is 0. The molecule has 0 rings (SSSR count). The third-order valence-corrected chi connectivity index (χ3v) is 7.70. The second-order valence-electron chi connectivity index (χ2n) is 11.8. The van der Waals surface area contributed by atoms with Gasteiger partial charge in [-0.05, 0) is 25.2 Å². The highest BCUT2D eigenvalue weighted by Gasteiger charge is 2.10. The van der Waals surface area contributed by atoms with Crippen LogP contribution in [0.15, 0.2) is 0 Å². The number of hydrogen-bond donors (Lipinski definition) is 1. The molecule has 2 heteroatoms. The van der Waals surface area contributed by atoms with Crippen LogP contribution in [0.3, 0.4) is 0 Å². The number of carbonyl (C=O) groups is 1. The van der Waals surface area contributed by atoms with E-state index >= 15 is 0 Å². The van der Waals surface area contributed by atoms with Crippen molar-refractivity contribution in [3.8, 4) is 0 Å². The summed E-state index contributed by atoms with van der Waals surface area (Å²) in [5, 5.41) is 3.31. The van der Waals surface area contributed by atoms with Gasteiger partial charge in [-0.15, -0.1) is 0 Å². The average molecular weight is 494 g/mol. The maximum absolute atomic E-state index is 12.3. The van der Waals surface area contributed by atoms with E-state index in [1.54, 1.807) is 0 Å². The zero-order valence-electron chi connectivity index (χ0n) is 24.9. The Morgan fingerprint density at radius 3 is 1.29 bits per heavy atom. The first-order chi connectivity index (χ1) is 17.1. The summed E-state index contributed by atoms with van der Waals surface area (Å²) in [6, 6.07) is 0.395. The Balaban J connectivity index is 3.41. The molecule has 0 aliphatic heterocycles. The van der Waals surface area contributed by atoms with E-state index in [9.17, 15) is 4.79 Å². The molecule has 0 saturated carbocycles. The van der Waals surface area contributed by atoms with E-state index in [2.05, 4.69) is 33.0 Å². The van der Waals surface area contributed by atoms with Gasteiger partial charge in [0.1, 0.15) is 0 Å². The minimum atomic E-state index is 0.289. The molecule has 0 aliphatic carbocycles. The Labute approximate surface area is 222 Å². The predicted octanol–water partition coefficient (Wildman–Crippen LogP) is 11.3. The van der Waals surface area contributed by atoms with Crippen molar-refractivity contribution in [3.63, 3.8) is 0 Å². The third-order valence-electron chi connectivity index (χ3n) is 7.70. The van der Waals surface area contributed by atoms with Gasteiger partial charge >= 0.3 is 0 Å². The second-order valence-corrected chi connectivity index (χ2v) is 11.8. The molecule has 0 aromatic heterocycles. The van der Waals surface area contributed by atoms with Gasteiger partial charge in [0.2, 0.25) is 5.91 Å². The fraction of sp³-hybridized carbons (Fsp3) is 0.970. The first-order valence-corrected chi connectivity index (χ1v) is 16.4. The smallest absolute Gasteiger partial charge is 0.220 e. The summed E-state index contributed by atoms with van der Waals surface area (Å²) in [6.45, 7) is 9.16. The Hall–Kier alpha value is -0.530. The van der Waals surface area contributed by atoms with Gasteiger partial charge in [0.25, 0.3) is 0 Å². The summed E-state index contributed by atoms with van der Waals surface area (Å²) < 4.78 is 0. The van der Waals surface area contributed by atoms with Gasteiger partial charge in [-0.3, -0.25) is 4.79 Å². The highest BCUT2D eigenvalue weighted by Crippen LogP contribution is 2.15. The zero-order valence-corrected chi connectivity index (χ0v) is 24.9. The van der Waals surface area contributed by atoms with Crippen LogP contribution < -0.4 is 5.32 Å². The van der Waals surface area contributed by atoms with E-state index in [-0.39, 0.29) is 5.91 Å². The molecule has 1 N–H and O–H groups in total. The van der Waals surface area contributed by atoms with Crippen molar-refractivity contribution >= 4 is 5.91 Å².